The molecule has 0 spiro atoms. The van der Waals surface area contributed by atoms with Gasteiger partial charge in [-0.05, 0) is 36.6 Å². The van der Waals surface area contributed by atoms with Crippen molar-refractivity contribution in [2.75, 3.05) is 5.32 Å². The van der Waals surface area contributed by atoms with Crippen molar-refractivity contribution in [2.24, 2.45) is 5.73 Å². The Morgan fingerprint density at radius 2 is 2.04 bits per heavy atom. The van der Waals surface area contributed by atoms with Crippen LogP contribution in [0.2, 0.25) is 0 Å². The average Bonchev–Trinajstić information content (AvgIpc) is 3.01. The third-order valence-electron chi connectivity index (χ3n) is 3.62. The number of aromatic nitrogens is 2. The molecule has 0 atom stereocenters. The normalized spacial score (nSPS) is 11.6. The van der Waals surface area contributed by atoms with Gasteiger partial charge in [0.25, 0.3) is 0 Å². The number of aryl methyl sites for hydroxylation is 2. The zero-order chi connectivity index (χ0) is 19.2. The summed E-state index contributed by atoms with van der Waals surface area (Å²) in [5.41, 5.74) is 4.96. The smallest absolute Gasteiger partial charge is 0.339 e. The standard InChI is InChI=1S/C17H21F3N4O2/c1-2-4-14-23-16(26-24-14)6-3-5-15(25)22-13-8-11(10-21)7-12(9-13)17(18,19)20/h7-9H,2-6,10,21H2,1H3,(H,22,25). The van der Waals surface area contributed by atoms with E-state index in [1.807, 2.05) is 6.92 Å². The maximum absolute atomic E-state index is 12.9. The molecule has 0 fully saturated rings. The van der Waals surface area contributed by atoms with Crippen molar-refractivity contribution in [3.63, 3.8) is 0 Å². The Morgan fingerprint density at radius 1 is 1.27 bits per heavy atom. The van der Waals surface area contributed by atoms with E-state index in [9.17, 15) is 18.0 Å². The third kappa shape index (κ3) is 5.83. The van der Waals surface area contributed by atoms with Crippen LogP contribution < -0.4 is 11.1 Å². The van der Waals surface area contributed by atoms with Gasteiger partial charge in [0.1, 0.15) is 0 Å². The number of amides is 1. The van der Waals surface area contributed by atoms with E-state index in [2.05, 4.69) is 15.5 Å². The lowest BCUT2D eigenvalue weighted by molar-refractivity contribution is -0.137. The van der Waals surface area contributed by atoms with Crippen LogP contribution in [-0.4, -0.2) is 16.0 Å². The highest BCUT2D eigenvalue weighted by molar-refractivity contribution is 5.90. The van der Waals surface area contributed by atoms with Gasteiger partial charge in [-0.3, -0.25) is 4.79 Å². The number of anilines is 1. The van der Waals surface area contributed by atoms with Crippen LogP contribution in [0.25, 0.3) is 0 Å². The first-order chi connectivity index (χ1) is 12.3. The first-order valence-corrected chi connectivity index (χ1v) is 8.34. The molecule has 1 aromatic heterocycles. The molecular formula is C17H21F3N4O2. The van der Waals surface area contributed by atoms with Crippen LogP contribution in [0, 0.1) is 0 Å². The third-order valence-corrected chi connectivity index (χ3v) is 3.62. The molecule has 2 aromatic rings. The van der Waals surface area contributed by atoms with Crippen LogP contribution in [0.1, 0.15) is 49.0 Å². The number of carbonyl (C=O) groups is 1. The summed E-state index contributed by atoms with van der Waals surface area (Å²) in [6.45, 7) is 1.95. The number of benzene rings is 1. The molecular weight excluding hydrogens is 349 g/mol. The van der Waals surface area contributed by atoms with Gasteiger partial charge in [-0.15, -0.1) is 0 Å². The van der Waals surface area contributed by atoms with Gasteiger partial charge >= 0.3 is 6.18 Å². The molecule has 0 bridgehead atoms. The molecule has 6 nitrogen and oxygen atoms in total. The SMILES string of the molecule is CCCc1noc(CCCC(=O)Nc2cc(CN)cc(C(F)(F)F)c2)n1. The van der Waals surface area contributed by atoms with E-state index in [0.717, 1.165) is 25.0 Å². The molecule has 0 radical (unpaired) electrons. The number of nitrogens with one attached hydrogen (secondary N) is 1. The van der Waals surface area contributed by atoms with Gasteiger partial charge in [0.05, 0.1) is 5.56 Å². The topological polar surface area (TPSA) is 94.0 Å². The predicted octanol–water partition coefficient (Wildman–Crippen LogP) is 3.46. The molecule has 1 heterocycles. The molecule has 9 heteroatoms. The summed E-state index contributed by atoms with van der Waals surface area (Å²) in [7, 11) is 0. The van der Waals surface area contributed by atoms with E-state index in [0.29, 0.717) is 30.1 Å². The summed E-state index contributed by atoms with van der Waals surface area (Å²) in [6, 6.07) is 3.30. The Labute approximate surface area is 149 Å². The van der Waals surface area contributed by atoms with E-state index in [4.69, 9.17) is 10.3 Å². The van der Waals surface area contributed by atoms with E-state index in [1.54, 1.807) is 0 Å². The molecule has 1 amide bonds. The number of hydrogen-bond donors (Lipinski definition) is 2. The Balaban J connectivity index is 1.90. The highest BCUT2D eigenvalue weighted by atomic mass is 19.4. The van der Waals surface area contributed by atoms with Crippen molar-refractivity contribution >= 4 is 11.6 Å². The van der Waals surface area contributed by atoms with E-state index >= 15 is 0 Å². The van der Waals surface area contributed by atoms with Gasteiger partial charge in [-0.1, -0.05) is 12.1 Å². The zero-order valence-electron chi connectivity index (χ0n) is 14.4. The number of halogens is 3. The Bertz CT molecular complexity index is 744. The molecule has 0 aliphatic rings. The van der Waals surface area contributed by atoms with E-state index in [1.165, 1.54) is 6.07 Å². The lowest BCUT2D eigenvalue weighted by atomic mass is 10.1. The maximum atomic E-state index is 12.9. The summed E-state index contributed by atoms with van der Waals surface area (Å²) in [6.07, 6.45) is -1.87. The number of nitrogens with two attached hydrogens (primary N) is 1. The molecule has 0 saturated carbocycles. The van der Waals surface area contributed by atoms with Crippen LogP contribution >= 0.6 is 0 Å². The van der Waals surface area contributed by atoms with Gasteiger partial charge in [-0.2, -0.15) is 18.2 Å². The largest absolute Gasteiger partial charge is 0.416 e. The molecule has 1 aromatic carbocycles. The van der Waals surface area contributed by atoms with Crippen molar-refractivity contribution in [1.29, 1.82) is 0 Å². The average molecular weight is 370 g/mol. The number of alkyl halides is 3. The van der Waals surface area contributed by atoms with Gasteiger partial charge in [-0.25, -0.2) is 0 Å². The molecule has 3 N–H and O–H groups in total. The monoisotopic (exact) mass is 370 g/mol. The first-order valence-electron chi connectivity index (χ1n) is 8.34. The lowest BCUT2D eigenvalue weighted by Gasteiger charge is -2.12. The van der Waals surface area contributed by atoms with Gasteiger partial charge in [0.2, 0.25) is 11.8 Å². The fourth-order valence-corrected chi connectivity index (χ4v) is 2.39. The summed E-state index contributed by atoms with van der Waals surface area (Å²) >= 11 is 0. The molecule has 0 aliphatic carbocycles. The molecule has 0 aliphatic heterocycles. The summed E-state index contributed by atoms with van der Waals surface area (Å²) in [5.74, 6) is 0.691. The molecule has 26 heavy (non-hydrogen) atoms. The zero-order valence-corrected chi connectivity index (χ0v) is 14.4. The number of rotatable bonds is 8. The van der Waals surface area contributed by atoms with E-state index < -0.39 is 11.7 Å². The quantitative estimate of drug-likeness (QED) is 0.742. The number of carbonyl (C=O) groups excluding carboxylic acids is 1. The summed E-state index contributed by atoms with van der Waals surface area (Å²) < 4.78 is 43.7. The second-order valence-electron chi connectivity index (χ2n) is 5.88. The van der Waals surface area contributed by atoms with E-state index in [-0.39, 0.29) is 24.6 Å². The predicted molar refractivity (Wildman–Crippen MR) is 89.2 cm³/mol. The maximum Gasteiger partial charge on any atom is 0.416 e. The number of hydrogen-bond acceptors (Lipinski definition) is 5. The van der Waals surface area contributed by atoms with Crippen LogP contribution in [0.3, 0.4) is 0 Å². The highest BCUT2D eigenvalue weighted by Gasteiger charge is 2.31. The van der Waals surface area contributed by atoms with Gasteiger partial charge < -0.3 is 15.6 Å². The Morgan fingerprint density at radius 3 is 2.69 bits per heavy atom. The van der Waals surface area contributed by atoms with Crippen molar-refractivity contribution in [3.8, 4) is 0 Å². The minimum Gasteiger partial charge on any atom is -0.339 e. The van der Waals surface area contributed by atoms with Crippen molar-refractivity contribution in [1.82, 2.24) is 10.1 Å². The lowest BCUT2D eigenvalue weighted by Crippen LogP contribution is -2.14. The molecule has 2 rings (SSSR count). The summed E-state index contributed by atoms with van der Waals surface area (Å²) in [5, 5.41) is 6.30. The highest BCUT2D eigenvalue weighted by Crippen LogP contribution is 2.32. The van der Waals surface area contributed by atoms with Gasteiger partial charge in [0, 0.05) is 31.5 Å². The van der Waals surface area contributed by atoms with Crippen LogP contribution in [0.4, 0.5) is 18.9 Å². The minimum absolute atomic E-state index is 0.0515. The van der Waals surface area contributed by atoms with Crippen LogP contribution in [-0.2, 0) is 30.4 Å². The number of nitrogens with zero attached hydrogens (tertiary/aromatic N) is 2. The second-order valence-corrected chi connectivity index (χ2v) is 5.88. The first kappa shape index (κ1) is 19.9. The van der Waals surface area contributed by atoms with Crippen molar-refractivity contribution in [3.05, 3.63) is 41.0 Å². The molecule has 0 saturated heterocycles. The van der Waals surface area contributed by atoms with Gasteiger partial charge in [0.15, 0.2) is 5.82 Å². The Kier molecular flexibility index (Phi) is 6.73. The Hall–Kier alpha value is -2.42. The van der Waals surface area contributed by atoms with Crippen molar-refractivity contribution in [2.45, 2.75) is 51.7 Å². The fraction of sp³-hybridized carbons (Fsp3) is 0.471. The fourth-order valence-electron chi connectivity index (χ4n) is 2.39. The van der Waals surface area contributed by atoms with Crippen LogP contribution in [0.5, 0.6) is 0 Å². The summed E-state index contributed by atoms with van der Waals surface area (Å²) in [4.78, 5) is 16.2. The molecule has 142 valence electrons. The van der Waals surface area contributed by atoms with Crippen molar-refractivity contribution < 1.29 is 22.5 Å². The van der Waals surface area contributed by atoms with Crippen LogP contribution in [0.15, 0.2) is 22.7 Å². The second kappa shape index (κ2) is 8.79. The minimum atomic E-state index is -4.50. The molecule has 0 unspecified atom stereocenters.